The maximum atomic E-state index is 6.55. The molecule has 0 saturated carbocycles. The molecule has 0 aliphatic carbocycles. The lowest BCUT2D eigenvalue weighted by atomic mass is 9.64. The zero-order valence-electron chi connectivity index (χ0n) is 27.8. The van der Waals surface area contributed by atoms with Gasteiger partial charge in [-0.1, -0.05) is 140 Å². The molecule has 1 aromatic heterocycles. The molecule has 0 bridgehead atoms. The molecule has 2 aliphatic heterocycles. The number of fused-ring (bicyclic) bond motifs is 8. The number of hydrogen-bond acceptors (Lipinski definition) is 3. The van der Waals surface area contributed by atoms with Crippen LogP contribution in [0.25, 0.3) is 67.0 Å². The van der Waals surface area contributed by atoms with Crippen molar-refractivity contribution in [2.45, 2.75) is 0 Å². The van der Waals surface area contributed by atoms with Gasteiger partial charge in [0.1, 0.15) is 5.75 Å². The number of rotatable bonds is 5. The lowest BCUT2D eigenvalue weighted by Crippen LogP contribution is -2.50. The van der Waals surface area contributed by atoms with Crippen LogP contribution in [0.1, 0.15) is 0 Å². The molecule has 3 heterocycles. The van der Waals surface area contributed by atoms with Crippen LogP contribution in [0.2, 0.25) is 0 Å². The Morgan fingerprint density at radius 1 is 0.373 bits per heavy atom. The van der Waals surface area contributed by atoms with Gasteiger partial charge in [-0.15, -0.1) is 0 Å². The Kier molecular flexibility index (Phi) is 6.92. The van der Waals surface area contributed by atoms with Crippen LogP contribution in [0.4, 0.5) is 11.4 Å². The van der Waals surface area contributed by atoms with Crippen LogP contribution in [0.15, 0.2) is 188 Å². The quantitative estimate of drug-likeness (QED) is 0.173. The fourth-order valence-electron chi connectivity index (χ4n) is 7.58. The molecule has 0 fully saturated rings. The molecule has 0 amide bonds. The molecule has 0 radical (unpaired) electrons. The number of nitrogens with zero attached hydrogens (tertiary/aromatic N) is 2. The van der Waals surface area contributed by atoms with Crippen molar-refractivity contribution in [3.63, 3.8) is 0 Å². The summed E-state index contributed by atoms with van der Waals surface area (Å²) in [5.74, 6) is 0.920. The monoisotopic (exact) mass is 650 g/mol. The first-order valence-corrected chi connectivity index (χ1v) is 17.4. The zero-order chi connectivity index (χ0) is 33.7. The maximum absolute atomic E-state index is 6.55. The second kappa shape index (κ2) is 12.0. The Labute approximate surface area is 298 Å². The maximum Gasteiger partial charge on any atom is 0.524 e. The van der Waals surface area contributed by atoms with E-state index in [4.69, 9.17) is 9.64 Å². The Bertz CT molecular complexity index is 2530. The molecule has 4 heteroatoms. The highest BCUT2D eigenvalue weighted by atomic mass is 16.5. The van der Waals surface area contributed by atoms with E-state index in [0.29, 0.717) is 0 Å². The van der Waals surface area contributed by atoms with Gasteiger partial charge < -0.3 is 9.47 Å². The number of para-hydroxylation sites is 3. The summed E-state index contributed by atoms with van der Waals surface area (Å²) < 4.78 is 6.55. The Morgan fingerprint density at radius 3 is 1.53 bits per heavy atom. The van der Waals surface area contributed by atoms with E-state index in [1.54, 1.807) is 0 Å². The van der Waals surface area contributed by atoms with Crippen LogP contribution in [-0.2, 0) is 0 Å². The number of pyridine rings is 1. The summed E-state index contributed by atoms with van der Waals surface area (Å²) in [6, 6.07) is 66.8. The Balaban J connectivity index is 1.03. The molecular formula is C47H31BN2O. The number of hydrogen-bond donors (Lipinski definition) is 0. The molecule has 3 nitrogen and oxygen atoms in total. The first-order valence-electron chi connectivity index (χ1n) is 17.4. The average Bonchev–Trinajstić information content (AvgIpc) is 3.62. The van der Waals surface area contributed by atoms with E-state index in [2.05, 4.69) is 175 Å². The number of benzene rings is 7. The van der Waals surface area contributed by atoms with Crippen molar-refractivity contribution in [3.05, 3.63) is 188 Å². The Morgan fingerprint density at radius 2 is 0.882 bits per heavy atom. The van der Waals surface area contributed by atoms with Gasteiger partial charge in [-0.3, -0.25) is 0 Å². The molecule has 8 aromatic rings. The first kappa shape index (κ1) is 29.3. The summed E-state index contributed by atoms with van der Waals surface area (Å²) in [5.41, 5.74) is 17.0. The zero-order valence-corrected chi connectivity index (χ0v) is 27.8. The third-order valence-electron chi connectivity index (χ3n) is 10.1. The van der Waals surface area contributed by atoms with E-state index in [-0.39, 0.29) is 7.05 Å². The second-order valence-electron chi connectivity index (χ2n) is 13.1. The number of aromatic nitrogens is 1. The first-order chi connectivity index (χ1) is 25.3. The molecule has 0 atom stereocenters. The Hall–Kier alpha value is -6.65. The van der Waals surface area contributed by atoms with Gasteiger partial charge >= 0.3 is 7.05 Å². The van der Waals surface area contributed by atoms with Gasteiger partial charge in [-0.2, -0.15) is 0 Å². The van der Waals surface area contributed by atoms with Gasteiger partial charge in [-0.05, 0) is 92.9 Å². The van der Waals surface area contributed by atoms with Crippen LogP contribution < -0.4 is 14.9 Å². The van der Waals surface area contributed by atoms with Gasteiger partial charge in [-0.25, -0.2) is 4.98 Å². The topological polar surface area (TPSA) is 25.4 Å². The summed E-state index contributed by atoms with van der Waals surface area (Å²) >= 11 is 0. The number of anilines is 2. The predicted molar refractivity (Wildman–Crippen MR) is 211 cm³/mol. The summed E-state index contributed by atoms with van der Waals surface area (Å²) in [6.07, 6.45) is 0. The molecule has 2 aliphatic rings. The van der Waals surface area contributed by atoms with E-state index in [9.17, 15) is 0 Å². The van der Waals surface area contributed by atoms with Gasteiger partial charge in [0, 0.05) is 22.4 Å². The van der Waals surface area contributed by atoms with Gasteiger partial charge in [0.05, 0.1) is 17.1 Å². The summed E-state index contributed by atoms with van der Waals surface area (Å²) in [5, 5.41) is 0. The summed E-state index contributed by atoms with van der Waals surface area (Å²) in [4.78, 5) is 7.42. The molecular weight excluding hydrogens is 619 g/mol. The largest absolute Gasteiger partial charge is 0.536 e. The molecule has 0 unspecified atom stereocenters. The highest BCUT2D eigenvalue weighted by Crippen LogP contribution is 2.47. The molecule has 7 aromatic carbocycles. The van der Waals surface area contributed by atoms with Crippen molar-refractivity contribution in [1.29, 1.82) is 0 Å². The van der Waals surface area contributed by atoms with Crippen LogP contribution in [0.3, 0.4) is 0 Å². The molecule has 0 N–H and O–H groups in total. The third kappa shape index (κ3) is 5.12. The van der Waals surface area contributed by atoms with Gasteiger partial charge in [0.25, 0.3) is 0 Å². The van der Waals surface area contributed by atoms with Gasteiger partial charge in [0.2, 0.25) is 0 Å². The van der Waals surface area contributed by atoms with E-state index in [0.717, 1.165) is 45.1 Å². The van der Waals surface area contributed by atoms with E-state index in [1.165, 1.54) is 44.5 Å². The van der Waals surface area contributed by atoms with Crippen LogP contribution >= 0.6 is 0 Å². The minimum absolute atomic E-state index is 0.187. The fraction of sp³-hybridized carbons (Fsp3) is 0. The lowest BCUT2D eigenvalue weighted by molar-refractivity contribution is 0.603. The second-order valence-corrected chi connectivity index (χ2v) is 13.1. The van der Waals surface area contributed by atoms with Gasteiger partial charge in [0.15, 0.2) is 0 Å². The summed E-state index contributed by atoms with van der Waals surface area (Å²) in [7, 11) is -0.187. The normalized spacial score (nSPS) is 12.4. The molecule has 238 valence electrons. The fourth-order valence-corrected chi connectivity index (χ4v) is 7.58. The highest BCUT2D eigenvalue weighted by Gasteiger charge is 2.44. The van der Waals surface area contributed by atoms with Crippen molar-refractivity contribution in [2.75, 3.05) is 4.81 Å². The minimum atomic E-state index is -0.187. The van der Waals surface area contributed by atoms with Crippen molar-refractivity contribution < 1.29 is 4.65 Å². The summed E-state index contributed by atoms with van der Waals surface area (Å²) in [6.45, 7) is 0. The van der Waals surface area contributed by atoms with Crippen LogP contribution in [-0.4, -0.2) is 12.0 Å². The minimum Gasteiger partial charge on any atom is -0.536 e. The SMILES string of the molecule is c1ccc(-c2cc(-c3cccc(-c4cccc(-c5ccc6c(c5)-c5ccccc5N5B6Oc6ccccc65)c4)c3)cc(-c3ccccc3)n2)cc1. The van der Waals surface area contributed by atoms with Crippen LogP contribution in [0, 0.1) is 0 Å². The standard InChI is InChI=1S/C47H31BN2O/c1-3-13-32(14-4-1)43-30-39(31-44(49-43)33-15-5-2-6-16-33)37-20-12-18-35(28-37)34-17-11-19-36(27-34)38-25-26-42-41(29-38)40-21-7-8-22-45(40)50-46-23-9-10-24-47(46)51-48(42)50/h1-31H. The van der Waals surface area contributed by atoms with Crippen molar-refractivity contribution in [1.82, 2.24) is 4.98 Å². The van der Waals surface area contributed by atoms with Crippen molar-refractivity contribution in [3.8, 4) is 72.8 Å². The van der Waals surface area contributed by atoms with Crippen LogP contribution in [0.5, 0.6) is 5.75 Å². The van der Waals surface area contributed by atoms with E-state index < -0.39 is 0 Å². The average molecular weight is 651 g/mol. The smallest absolute Gasteiger partial charge is 0.524 e. The molecule has 0 spiro atoms. The van der Waals surface area contributed by atoms with Crippen molar-refractivity contribution in [2.24, 2.45) is 0 Å². The third-order valence-corrected chi connectivity index (χ3v) is 10.1. The molecule has 51 heavy (non-hydrogen) atoms. The molecule has 10 rings (SSSR count). The highest BCUT2D eigenvalue weighted by molar-refractivity contribution is 6.77. The molecule has 0 saturated heterocycles. The van der Waals surface area contributed by atoms with Crippen molar-refractivity contribution >= 4 is 23.9 Å². The van der Waals surface area contributed by atoms with E-state index in [1.807, 2.05) is 18.2 Å². The van der Waals surface area contributed by atoms with E-state index >= 15 is 0 Å². The lowest BCUT2D eigenvalue weighted by Gasteiger charge is -2.31. The predicted octanol–water partition coefficient (Wildman–Crippen LogP) is 11.3.